The molecule has 110 valence electrons. The molecule has 0 fully saturated rings. The number of rotatable bonds is 7. The van der Waals surface area contributed by atoms with Gasteiger partial charge in [-0.05, 0) is 31.0 Å². The molecule has 0 unspecified atom stereocenters. The molecular weight excluding hydrogens is 262 g/mol. The molecule has 0 spiro atoms. The van der Waals surface area contributed by atoms with Crippen LogP contribution in [0.15, 0.2) is 12.1 Å². The molecule has 0 radical (unpaired) electrons. The maximum Gasteiger partial charge on any atom is 0.127 e. The van der Waals surface area contributed by atoms with Gasteiger partial charge in [-0.15, -0.1) is 12.4 Å². The van der Waals surface area contributed by atoms with E-state index in [1.807, 2.05) is 19.1 Å². The standard InChI is InChI=1S/C15H25NO2.ClH/c1-5-6-7-8-12(16)15-13(17-3)9-11(2)10-14(15)18-4;/h9-10,12H,5-8,16H2,1-4H3;1H/t12-;/m0./s1. The van der Waals surface area contributed by atoms with Crippen LogP contribution in [0.3, 0.4) is 0 Å². The number of aryl methyl sites for hydroxylation is 1. The summed E-state index contributed by atoms with van der Waals surface area (Å²) in [5.41, 5.74) is 8.39. The average Bonchev–Trinajstić information content (AvgIpc) is 2.37. The van der Waals surface area contributed by atoms with E-state index in [1.54, 1.807) is 14.2 Å². The molecule has 0 bridgehead atoms. The van der Waals surface area contributed by atoms with E-state index in [2.05, 4.69) is 6.92 Å². The van der Waals surface area contributed by atoms with Crippen LogP contribution in [-0.4, -0.2) is 14.2 Å². The molecule has 1 aromatic rings. The first-order valence-corrected chi connectivity index (χ1v) is 6.62. The fourth-order valence-electron chi connectivity index (χ4n) is 2.19. The van der Waals surface area contributed by atoms with Crippen molar-refractivity contribution in [2.75, 3.05) is 14.2 Å². The van der Waals surface area contributed by atoms with Crippen molar-refractivity contribution in [3.8, 4) is 11.5 Å². The summed E-state index contributed by atoms with van der Waals surface area (Å²) in [5.74, 6) is 1.66. The lowest BCUT2D eigenvalue weighted by molar-refractivity contribution is 0.375. The van der Waals surface area contributed by atoms with Gasteiger partial charge in [-0.3, -0.25) is 0 Å². The summed E-state index contributed by atoms with van der Waals surface area (Å²) < 4.78 is 10.9. The Kier molecular flexibility index (Phi) is 8.61. The van der Waals surface area contributed by atoms with E-state index >= 15 is 0 Å². The number of nitrogens with two attached hydrogens (primary N) is 1. The second-order valence-corrected chi connectivity index (χ2v) is 4.69. The summed E-state index contributed by atoms with van der Waals surface area (Å²) in [6.45, 7) is 4.22. The zero-order chi connectivity index (χ0) is 13.5. The highest BCUT2D eigenvalue weighted by Gasteiger charge is 2.18. The van der Waals surface area contributed by atoms with E-state index in [9.17, 15) is 0 Å². The van der Waals surface area contributed by atoms with Crippen LogP contribution in [0, 0.1) is 6.92 Å². The fraction of sp³-hybridized carbons (Fsp3) is 0.600. The van der Waals surface area contributed by atoms with Crippen LogP contribution in [0.4, 0.5) is 0 Å². The lowest BCUT2D eigenvalue weighted by atomic mass is 9.98. The summed E-state index contributed by atoms with van der Waals surface area (Å²) in [6, 6.07) is 4.00. The highest BCUT2D eigenvalue weighted by molar-refractivity contribution is 5.85. The number of halogens is 1. The minimum absolute atomic E-state index is 0. The number of hydrogen-bond donors (Lipinski definition) is 1. The van der Waals surface area contributed by atoms with Crippen LogP contribution >= 0.6 is 12.4 Å². The molecule has 0 aliphatic heterocycles. The lowest BCUT2D eigenvalue weighted by Crippen LogP contribution is -2.13. The predicted molar refractivity (Wildman–Crippen MR) is 82.6 cm³/mol. The minimum Gasteiger partial charge on any atom is -0.496 e. The minimum atomic E-state index is -0.0259. The van der Waals surface area contributed by atoms with Crippen molar-refractivity contribution in [1.82, 2.24) is 0 Å². The molecule has 0 aliphatic rings. The molecule has 0 heterocycles. The van der Waals surface area contributed by atoms with Crippen molar-refractivity contribution in [3.63, 3.8) is 0 Å². The van der Waals surface area contributed by atoms with Crippen molar-refractivity contribution < 1.29 is 9.47 Å². The molecule has 4 heteroatoms. The monoisotopic (exact) mass is 287 g/mol. The molecule has 0 amide bonds. The molecular formula is C15H26ClNO2. The van der Waals surface area contributed by atoms with Crippen molar-refractivity contribution in [3.05, 3.63) is 23.3 Å². The quantitative estimate of drug-likeness (QED) is 0.771. The lowest BCUT2D eigenvalue weighted by Gasteiger charge is -2.19. The molecule has 0 aliphatic carbocycles. The van der Waals surface area contributed by atoms with Gasteiger partial charge in [-0.25, -0.2) is 0 Å². The summed E-state index contributed by atoms with van der Waals surface area (Å²) in [5, 5.41) is 0. The first-order chi connectivity index (χ1) is 8.63. The summed E-state index contributed by atoms with van der Waals surface area (Å²) in [6.07, 6.45) is 4.51. The third-order valence-electron chi connectivity index (χ3n) is 3.18. The molecule has 1 aromatic carbocycles. The van der Waals surface area contributed by atoms with Crippen LogP contribution in [0.1, 0.15) is 49.8 Å². The molecule has 0 saturated heterocycles. The Balaban J connectivity index is 0.00000324. The van der Waals surface area contributed by atoms with Gasteiger partial charge in [0.15, 0.2) is 0 Å². The highest BCUT2D eigenvalue weighted by Crippen LogP contribution is 2.36. The molecule has 1 rings (SSSR count). The third kappa shape index (κ3) is 4.92. The molecule has 19 heavy (non-hydrogen) atoms. The summed E-state index contributed by atoms with van der Waals surface area (Å²) >= 11 is 0. The number of methoxy groups -OCH3 is 2. The van der Waals surface area contributed by atoms with Crippen LogP contribution in [0.5, 0.6) is 11.5 Å². The topological polar surface area (TPSA) is 44.5 Å². The second kappa shape index (κ2) is 9.05. The van der Waals surface area contributed by atoms with Gasteiger partial charge in [0.1, 0.15) is 11.5 Å². The van der Waals surface area contributed by atoms with E-state index in [-0.39, 0.29) is 18.4 Å². The van der Waals surface area contributed by atoms with Gasteiger partial charge in [-0.1, -0.05) is 26.2 Å². The van der Waals surface area contributed by atoms with Gasteiger partial charge >= 0.3 is 0 Å². The van der Waals surface area contributed by atoms with E-state index in [1.165, 1.54) is 12.8 Å². The molecule has 3 nitrogen and oxygen atoms in total. The maximum atomic E-state index is 6.28. The number of hydrogen-bond acceptors (Lipinski definition) is 3. The van der Waals surface area contributed by atoms with Gasteiger partial charge in [0.05, 0.1) is 19.8 Å². The van der Waals surface area contributed by atoms with Gasteiger partial charge < -0.3 is 15.2 Å². The van der Waals surface area contributed by atoms with E-state index < -0.39 is 0 Å². The van der Waals surface area contributed by atoms with Gasteiger partial charge in [0.25, 0.3) is 0 Å². The zero-order valence-electron chi connectivity index (χ0n) is 12.4. The summed E-state index contributed by atoms with van der Waals surface area (Å²) in [7, 11) is 3.35. The Morgan fingerprint density at radius 2 is 1.63 bits per heavy atom. The average molecular weight is 288 g/mol. The Morgan fingerprint density at radius 3 is 2.05 bits per heavy atom. The van der Waals surface area contributed by atoms with E-state index in [0.29, 0.717) is 0 Å². The van der Waals surface area contributed by atoms with Crippen molar-refractivity contribution in [2.45, 2.75) is 45.6 Å². The van der Waals surface area contributed by atoms with E-state index in [0.717, 1.165) is 35.5 Å². The van der Waals surface area contributed by atoms with Crippen LogP contribution in [0.2, 0.25) is 0 Å². The van der Waals surface area contributed by atoms with Crippen molar-refractivity contribution in [1.29, 1.82) is 0 Å². The van der Waals surface area contributed by atoms with Crippen LogP contribution in [-0.2, 0) is 0 Å². The van der Waals surface area contributed by atoms with Crippen molar-refractivity contribution >= 4 is 12.4 Å². The van der Waals surface area contributed by atoms with Gasteiger partial charge in [-0.2, -0.15) is 0 Å². The summed E-state index contributed by atoms with van der Waals surface area (Å²) in [4.78, 5) is 0. The number of unbranched alkanes of at least 4 members (excludes halogenated alkanes) is 2. The molecule has 1 atom stereocenters. The smallest absolute Gasteiger partial charge is 0.127 e. The number of ether oxygens (including phenoxy) is 2. The van der Waals surface area contributed by atoms with Crippen molar-refractivity contribution in [2.24, 2.45) is 5.73 Å². The highest BCUT2D eigenvalue weighted by atomic mass is 35.5. The second-order valence-electron chi connectivity index (χ2n) is 4.69. The first kappa shape index (κ1) is 18.1. The molecule has 0 aromatic heterocycles. The van der Waals surface area contributed by atoms with Gasteiger partial charge in [0.2, 0.25) is 0 Å². The Labute approximate surface area is 122 Å². The Morgan fingerprint density at radius 1 is 1.11 bits per heavy atom. The third-order valence-corrected chi connectivity index (χ3v) is 3.18. The largest absolute Gasteiger partial charge is 0.496 e. The predicted octanol–water partition coefficient (Wildman–Crippen LogP) is 4.01. The Bertz CT molecular complexity index is 357. The van der Waals surface area contributed by atoms with Gasteiger partial charge in [0, 0.05) is 6.04 Å². The Hall–Kier alpha value is -0.930. The maximum absolute atomic E-state index is 6.28. The molecule has 2 N–H and O–H groups in total. The SMILES string of the molecule is CCCCC[C@H](N)c1c(OC)cc(C)cc1OC.Cl. The van der Waals surface area contributed by atoms with E-state index in [4.69, 9.17) is 15.2 Å². The van der Waals surface area contributed by atoms with Crippen LogP contribution < -0.4 is 15.2 Å². The van der Waals surface area contributed by atoms with Crippen LogP contribution in [0.25, 0.3) is 0 Å². The normalized spacial score (nSPS) is 11.6. The molecule has 0 saturated carbocycles. The zero-order valence-corrected chi connectivity index (χ0v) is 13.2. The first-order valence-electron chi connectivity index (χ1n) is 6.62. The number of benzene rings is 1. The fourth-order valence-corrected chi connectivity index (χ4v) is 2.19.